The second-order valence-corrected chi connectivity index (χ2v) is 3.52. The fourth-order valence-corrected chi connectivity index (χ4v) is 1.51. The van der Waals surface area contributed by atoms with Crippen LogP contribution in [-0.4, -0.2) is 33.7 Å². The van der Waals surface area contributed by atoms with E-state index in [0.29, 0.717) is 5.69 Å². The summed E-state index contributed by atoms with van der Waals surface area (Å²) in [5.74, 6) is -0.275. The van der Waals surface area contributed by atoms with Gasteiger partial charge in [0, 0.05) is 12.4 Å². The fraction of sp³-hybridized carbons (Fsp3) is 0.286. The summed E-state index contributed by atoms with van der Waals surface area (Å²) in [6, 6.07) is 3.58. The van der Waals surface area contributed by atoms with Gasteiger partial charge in [-0.2, -0.15) is 0 Å². The van der Waals surface area contributed by atoms with Crippen LogP contribution < -0.4 is 5.73 Å². The zero-order chi connectivity index (χ0) is 15.7. The van der Waals surface area contributed by atoms with E-state index in [1.807, 2.05) is 19.9 Å². The standard InChI is InChI=1S/C12H13N5O2.C2H6/c1-2-19-12(18)10-7-17(16-11(10)15-8-13)9-4-3-5-14-6-9;1-2/h3-8H,2H2,1H3,(H2,13,15,16);1-2H3. The van der Waals surface area contributed by atoms with Gasteiger partial charge in [0.05, 0.1) is 24.8 Å². The number of aliphatic imine (C=N–C) groups is 1. The summed E-state index contributed by atoms with van der Waals surface area (Å²) in [6.45, 7) is 6.01. The Hall–Kier alpha value is -2.70. The molecule has 0 fully saturated rings. The number of rotatable bonds is 4. The molecule has 0 bridgehead atoms. The van der Waals surface area contributed by atoms with Crippen molar-refractivity contribution in [3.63, 3.8) is 0 Å². The molecule has 0 saturated carbocycles. The normalized spacial score (nSPS) is 10.0. The first-order valence-corrected chi connectivity index (χ1v) is 6.67. The number of pyridine rings is 1. The van der Waals surface area contributed by atoms with Gasteiger partial charge in [0.25, 0.3) is 0 Å². The molecule has 0 aliphatic carbocycles. The van der Waals surface area contributed by atoms with E-state index >= 15 is 0 Å². The van der Waals surface area contributed by atoms with Crippen molar-refractivity contribution in [1.29, 1.82) is 0 Å². The number of nitrogens with zero attached hydrogens (tertiary/aromatic N) is 4. The van der Waals surface area contributed by atoms with Crippen molar-refractivity contribution in [2.45, 2.75) is 20.8 Å². The van der Waals surface area contributed by atoms with Gasteiger partial charge >= 0.3 is 5.97 Å². The Kier molecular flexibility index (Phi) is 6.59. The number of hydrogen-bond acceptors (Lipinski definition) is 5. The first-order chi connectivity index (χ1) is 10.3. The van der Waals surface area contributed by atoms with Crippen molar-refractivity contribution in [2.75, 3.05) is 6.61 Å². The van der Waals surface area contributed by atoms with Crippen LogP contribution in [0.25, 0.3) is 5.69 Å². The maximum Gasteiger partial charge on any atom is 0.343 e. The minimum atomic E-state index is -0.488. The van der Waals surface area contributed by atoms with Crippen LogP contribution in [0.2, 0.25) is 0 Å². The highest BCUT2D eigenvalue weighted by atomic mass is 16.5. The van der Waals surface area contributed by atoms with Crippen molar-refractivity contribution >= 4 is 18.1 Å². The third-order valence-corrected chi connectivity index (χ3v) is 2.30. The van der Waals surface area contributed by atoms with Crippen LogP contribution >= 0.6 is 0 Å². The summed E-state index contributed by atoms with van der Waals surface area (Å²) in [7, 11) is 0. The number of carbonyl (C=O) groups excluding carboxylic acids is 1. The minimum Gasteiger partial charge on any atom is -0.462 e. The fourth-order valence-electron chi connectivity index (χ4n) is 1.51. The van der Waals surface area contributed by atoms with Gasteiger partial charge in [-0.25, -0.2) is 14.5 Å². The smallest absolute Gasteiger partial charge is 0.343 e. The molecule has 0 saturated heterocycles. The largest absolute Gasteiger partial charge is 0.462 e. The quantitative estimate of drug-likeness (QED) is 0.528. The average Bonchev–Trinajstić information content (AvgIpc) is 2.95. The SMILES string of the molecule is CC.CCOC(=O)c1cn(-c2cccnc2)nc1N=CN. The maximum atomic E-state index is 11.8. The van der Waals surface area contributed by atoms with Gasteiger partial charge < -0.3 is 10.5 Å². The number of esters is 1. The molecule has 0 amide bonds. The van der Waals surface area contributed by atoms with Crippen LogP contribution in [0.3, 0.4) is 0 Å². The summed E-state index contributed by atoms with van der Waals surface area (Å²) >= 11 is 0. The molecule has 21 heavy (non-hydrogen) atoms. The van der Waals surface area contributed by atoms with E-state index in [1.54, 1.807) is 25.4 Å². The van der Waals surface area contributed by atoms with Crippen LogP contribution in [0, 0.1) is 0 Å². The molecule has 7 heteroatoms. The van der Waals surface area contributed by atoms with E-state index < -0.39 is 5.97 Å². The van der Waals surface area contributed by atoms with Crippen LogP contribution in [0.15, 0.2) is 35.7 Å². The number of aromatic nitrogens is 3. The second-order valence-electron chi connectivity index (χ2n) is 3.52. The monoisotopic (exact) mass is 289 g/mol. The highest BCUT2D eigenvalue weighted by molar-refractivity contribution is 5.94. The van der Waals surface area contributed by atoms with Gasteiger partial charge in [-0.3, -0.25) is 4.98 Å². The number of ether oxygens (including phenoxy) is 1. The molecular formula is C14H19N5O2. The Labute approximate surface area is 123 Å². The summed E-state index contributed by atoms with van der Waals surface area (Å²) in [5, 5.41) is 4.17. The predicted molar refractivity (Wildman–Crippen MR) is 81.0 cm³/mol. The van der Waals surface area contributed by atoms with E-state index in [0.717, 1.165) is 6.34 Å². The number of hydrogen-bond donors (Lipinski definition) is 1. The van der Waals surface area contributed by atoms with Gasteiger partial charge in [-0.1, -0.05) is 13.8 Å². The summed E-state index contributed by atoms with van der Waals surface area (Å²) in [4.78, 5) is 19.6. The molecular weight excluding hydrogens is 270 g/mol. The first kappa shape index (κ1) is 16.4. The van der Waals surface area contributed by atoms with Gasteiger partial charge in [-0.05, 0) is 19.1 Å². The number of carbonyl (C=O) groups is 1. The van der Waals surface area contributed by atoms with Crippen molar-refractivity contribution in [3.8, 4) is 5.69 Å². The summed E-state index contributed by atoms with van der Waals surface area (Å²) in [6.07, 6.45) is 5.89. The van der Waals surface area contributed by atoms with E-state index in [2.05, 4.69) is 15.1 Å². The third kappa shape index (κ3) is 4.13. The van der Waals surface area contributed by atoms with Crippen LogP contribution in [0.5, 0.6) is 0 Å². The Morgan fingerprint density at radius 1 is 1.52 bits per heavy atom. The van der Waals surface area contributed by atoms with E-state index in [4.69, 9.17) is 10.5 Å². The zero-order valence-corrected chi connectivity index (χ0v) is 12.4. The lowest BCUT2D eigenvalue weighted by Gasteiger charge is -1.98. The van der Waals surface area contributed by atoms with E-state index in [-0.39, 0.29) is 18.0 Å². The molecule has 2 aromatic rings. The van der Waals surface area contributed by atoms with Crippen molar-refractivity contribution in [2.24, 2.45) is 10.7 Å². The molecule has 0 aromatic carbocycles. The molecule has 2 heterocycles. The Morgan fingerprint density at radius 2 is 2.29 bits per heavy atom. The van der Waals surface area contributed by atoms with Crippen LogP contribution in [-0.2, 0) is 4.74 Å². The van der Waals surface area contributed by atoms with E-state index in [1.165, 1.54) is 10.9 Å². The lowest BCUT2D eigenvalue weighted by molar-refractivity contribution is 0.0527. The topological polar surface area (TPSA) is 95.4 Å². The molecule has 7 nitrogen and oxygen atoms in total. The molecule has 0 spiro atoms. The molecule has 0 aliphatic rings. The average molecular weight is 289 g/mol. The third-order valence-electron chi connectivity index (χ3n) is 2.30. The Balaban J connectivity index is 0.00000106. The molecule has 2 aromatic heterocycles. The van der Waals surface area contributed by atoms with E-state index in [9.17, 15) is 4.79 Å². The van der Waals surface area contributed by atoms with Gasteiger partial charge in [0.1, 0.15) is 5.56 Å². The van der Waals surface area contributed by atoms with Gasteiger partial charge in [0.2, 0.25) is 0 Å². The first-order valence-electron chi connectivity index (χ1n) is 6.67. The van der Waals surface area contributed by atoms with Crippen molar-refractivity contribution in [1.82, 2.24) is 14.8 Å². The lowest BCUT2D eigenvalue weighted by atomic mass is 10.3. The van der Waals surface area contributed by atoms with Crippen LogP contribution in [0.1, 0.15) is 31.1 Å². The molecule has 0 aliphatic heterocycles. The minimum absolute atomic E-state index is 0.213. The molecule has 0 unspecified atom stereocenters. The van der Waals surface area contributed by atoms with Gasteiger partial charge in [0.15, 0.2) is 5.82 Å². The zero-order valence-electron chi connectivity index (χ0n) is 12.4. The van der Waals surface area contributed by atoms with Crippen molar-refractivity contribution in [3.05, 3.63) is 36.3 Å². The Morgan fingerprint density at radius 3 is 2.86 bits per heavy atom. The second kappa shape index (κ2) is 8.47. The molecule has 0 radical (unpaired) electrons. The molecule has 2 rings (SSSR count). The highest BCUT2D eigenvalue weighted by Crippen LogP contribution is 2.19. The number of nitrogens with two attached hydrogens (primary N) is 1. The van der Waals surface area contributed by atoms with Crippen LogP contribution in [0.4, 0.5) is 5.82 Å². The molecule has 0 atom stereocenters. The lowest BCUT2D eigenvalue weighted by Crippen LogP contribution is -2.04. The summed E-state index contributed by atoms with van der Waals surface area (Å²) < 4.78 is 6.44. The highest BCUT2D eigenvalue weighted by Gasteiger charge is 2.17. The van der Waals surface area contributed by atoms with Crippen molar-refractivity contribution < 1.29 is 9.53 Å². The molecule has 112 valence electrons. The summed E-state index contributed by atoms with van der Waals surface area (Å²) in [5.41, 5.74) is 6.22. The maximum absolute atomic E-state index is 11.8. The predicted octanol–water partition coefficient (Wildman–Crippen LogP) is 2.09. The Bertz CT molecular complexity index is 593. The molecule has 2 N–H and O–H groups in total. The van der Waals surface area contributed by atoms with Gasteiger partial charge in [-0.15, -0.1) is 5.10 Å².